The van der Waals surface area contributed by atoms with Crippen LogP contribution < -0.4 is 10.0 Å². The maximum atomic E-state index is 12.6. The van der Waals surface area contributed by atoms with Crippen LogP contribution in [0.25, 0.3) is 5.69 Å². The molecule has 0 saturated carbocycles. The Hall–Kier alpha value is -2.95. The summed E-state index contributed by atoms with van der Waals surface area (Å²) in [6.45, 7) is 0. The van der Waals surface area contributed by atoms with E-state index in [-0.39, 0.29) is 28.7 Å². The smallest absolute Gasteiger partial charge is 0.255 e. The third kappa shape index (κ3) is 5.04. The zero-order chi connectivity index (χ0) is 22.1. The summed E-state index contributed by atoms with van der Waals surface area (Å²) in [5.74, 6) is -0.530. The second-order valence-corrected chi connectivity index (χ2v) is 11.3. The first kappa shape index (κ1) is 21.3. The molecule has 0 bridgehead atoms. The molecule has 10 heteroatoms. The minimum atomic E-state index is -3.85. The molecule has 3 aromatic rings. The Morgan fingerprint density at radius 3 is 2.35 bits per heavy atom. The van der Waals surface area contributed by atoms with Gasteiger partial charge in [0.1, 0.15) is 0 Å². The molecule has 1 amide bonds. The predicted molar refractivity (Wildman–Crippen MR) is 118 cm³/mol. The maximum Gasteiger partial charge on any atom is 0.255 e. The monoisotopic (exact) mass is 459 g/mol. The van der Waals surface area contributed by atoms with E-state index in [1.807, 2.05) is 35.2 Å². The number of benzene rings is 2. The van der Waals surface area contributed by atoms with Gasteiger partial charge in [-0.15, -0.1) is 0 Å². The molecule has 1 saturated heterocycles. The summed E-state index contributed by atoms with van der Waals surface area (Å²) in [5.41, 5.74) is 1.75. The standard InChI is InChI=1S/C21H21N3O5S2/c25-21(16-4-3-5-19(14-16)24-11-1-2-12-24)22-17-6-8-20(9-7-17)31(28,29)23-18-10-13-30(26,27)15-18/h1-9,11-12,14,18,23H,10,13,15H2,(H,22,25)/t18-/m0/s1. The number of rotatable bonds is 6. The van der Waals surface area contributed by atoms with E-state index in [2.05, 4.69) is 10.0 Å². The second kappa shape index (κ2) is 8.29. The lowest BCUT2D eigenvalue weighted by Crippen LogP contribution is -2.35. The van der Waals surface area contributed by atoms with Gasteiger partial charge in [0, 0.05) is 35.4 Å². The zero-order valence-corrected chi connectivity index (χ0v) is 18.1. The van der Waals surface area contributed by atoms with E-state index in [1.165, 1.54) is 24.3 Å². The average molecular weight is 460 g/mol. The van der Waals surface area contributed by atoms with E-state index >= 15 is 0 Å². The Kier molecular flexibility index (Phi) is 5.69. The van der Waals surface area contributed by atoms with Gasteiger partial charge in [0.2, 0.25) is 10.0 Å². The fourth-order valence-electron chi connectivity index (χ4n) is 3.41. The minimum Gasteiger partial charge on any atom is -0.324 e. The van der Waals surface area contributed by atoms with Gasteiger partial charge in [-0.3, -0.25) is 4.79 Å². The first-order valence-corrected chi connectivity index (χ1v) is 12.9. The van der Waals surface area contributed by atoms with E-state index in [4.69, 9.17) is 0 Å². The van der Waals surface area contributed by atoms with Gasteiger partial charge >= 0.3 is 0 Å². The van der Waals surface area contributed by atoms with Crippen molar-refractivity contribution in [2.45, 2.75) is 17.4 Å². The van der Waals surface area contributed by atoms with Crippen molar-refractivity contribution in [3.63, 3.8) is 0 Å². The molecule has 1 aliphatic rings. The van der Waals surface area contributed by atoms with Crippen LogP contribution in [0, 0.1) is 0 Å². The van der Waals surface area contributed by atoms with Crippen LogP contribution >= 0.6 is 0 Å². The Bertz CT molecular complexity index is 1300. The molecule has 1 aliphatic heterocycles. The predicted octanol–water partition coefficient (Wildman–Crippen LogP) is 2.19. The third-order valence-corrected chi connectivity index (χ3v) is 8.29. The van der Waals surface area contributed by atoms with Crippen molar-refractivity contribution < 1.29 is 21.6 Å². The highest BCUT2D eigenvalue weighted by Gasteiger charge is 2.31. The van der Waals surface area contributed by atoms with Gasteiger partial charge in [0.15, 0.2) is 9.84 Å². The van der Waals surface area contributed by atoms with E-state index in [0.717, 1.165) is 5.69 Å². The molecule has 2 N–H and O–H groups in total. The highest BCUT2D eigenvalue weighted by atomic mass is 32.2. The number of aromatic nitrogens is 1. The summed E-state index contributed by atoms with van der Waals surface area (Å²) in [5, 5.41) is 2.75. The first-order chi connectivity index (χ1) is 14.7. The molecule has 0 unspecified atom stereocenters. The number of anilines is 1. The Labute approximate surface area is 180 Å². The van der Waals surface area contributed by atoms with E-state index in [0.29, 0.717) is 11.3 Å². The van der Waals surface area contributed by atoms with Gasteiger partial charge in [-0.2, -0.15) is 0 Å². The van der Waals surface area contributed by atoms with Crippen LogP contribution in [0.4, 0.5) is 5.69 Å². The van der Waals surface area contributed by atoms with Gasteiger partial charge in [-0.05, 0) is 61.0 Å². The van der Waals surface area contributed by atoms with Crippen molar-refractivity contribution in [3.05, 3.63) is 78.6 Å². The Morgan fingerprint density at radius 2 is 1.71 bits per heavy atom. The van der Waals surface area contributed by atoms with Crippen LogP contribution in [0.3, 0.4) is 0 Å². The first-order valence-electron chi connectivity index (χ1n) is 9.59. The topological polar surface area (TPSA) is 114 Å². The average Bonchev–Trinajstić information content (AvgIpc) is 3.38. The van der Waals surface area contributed by atoms with Crippen molar-refractivity contribution in [1.82, 2.24) is 9.29 Å². The summed E-state index contributed by atoms with van der Waals surface area (Å²) in [7, 11) is -7.04. The van der Waals surface area contributed by atoms with Gasteiger partial charge in [0.25, 0.3) is 5.91 Å². The summed E-state index contributed by atoms with van der Waals surface area (Å²) in [6.07, 6.45) is 4.02. The maximum absolute atomic E-state index is 12.6. The molecule has 0 aliphatic carbocycles. The van der Waals surface area contributed by atoms with Crippen molar-refractivity contribution in [2.75, 3.05) is 16.8 Å². The third-order valence-electron chi connectivity index (χ3n) is 4.99. The van der Waals surface area contributed by atoms with Crippen LogP contribution in [-0.4, -0.2) is 44.9 Å². The molecule has 4 rings (SSSR count). The Morgan fingerprint density at radius 1 is 1.00 bits per heavy atom. The molecule has 1 atom stereocenters. The molecule has 2 aromatic carbocycles. The molecule has 1 fully saturated rings. The number of amides is 1. The van der Waals surface area contributed by atoms with Crippen LogP contribution in [0.2, 0.25) is 0 Å². The minimum absolute atomic E-state index is 0.00408. The summed E-state index contributed by atoms with van der Waals surface area (Å²) in [6, 6.07) is 16.0. The van der Waals surface area contributed by atoms with E-state index in [9.17, 15) is 21.6 Å². The molecular formula is C21H21N3O5S2. The SMILES string of the molecule is O=C(Nc1ccc(S(=O)(=O)N[C@H]2CCS(=O)(=O)C2)cc1)c1cccc(-n2cccc2)c1. The molecule has 8 nitrogen and oxygen atoms in total. The molecule has 162 valence electrons. The van der Waals surface area contributed by atoms with Crippen LogP contribution in [-0.2, 0) is 19.9 Å². The summed E-state index contributed by atoms with van der Waals surface area (Å²) < 4.78 is 52.4. The van der Waals surface area contributed by atoms with Crippen LogP contribution in [0.5, 0.6) is 0 Å². The number of carbonyl (C=O) groups excluding carboxylic acids is 1. The fraction of sp³-hybridized carbons (Fsp3) is 0.190. The van der Waals surface area contributed by atoms with Crippen LogP contribution in [0.1, 0.15) is 16.8 Å². The second-order valence-electron chi connectivity index (χ2n) is 7.34. The number of hydrogen-bond acceptors (Lipinski definition) is 5. The van der Waals surface area contributed by atoms with Crippen molar-refractivity contribution >= 4 is 31.5 Å². The highest BCUT2D eigenvalue weighted by molar-refractivity contribution is 7.92. The number of nitrogens with zero attached hydrogens (tertiary/aromatic N) is 1. The van der Waals surface area contributed by atoms with Crippen LogP contribution in [0.15, 0.2) is 78.0 Å². The lowest BCUT2D eigenvalue weighted by Gasteiger charge is -2.12. The normalized spacial score (nSPS) is 18.0. The molecular weight excluding hydrogens is 438 g/mol. The van der Waals surface area contributed by atoms with Gasteiger partial charge in [-0.25, -0.2) is 21.6 Å². The molecule has 2 heterocycles. The molecule has 0 spiro atoms. The number of carbonyl (C=O) groups is 1. The fourth-order valence-corrected chi connectivity index (χ4v) is 6.46. The van der Waals surface area contributed by atoms with E-state index in [1.54, 1.807) is 18.2 Å². The highest BCUT2D eigenvalue weighted by Crippen LogP contribution is 2.19. The van der Waals surface area contributed by atoms with Gasteiger partial charge in [0.05, 0.1) is 16.4 Å². The quantitative estimate of drug-likeness (QED) is 0.587. The van der Waals surface area contributed by atoms with Gasteiger partial charge in [-0.1, -0.05) is 6.07 Å². The lowest BCUT2D eigenvalue weighted by atomic mass is 10.2. The largest absolute Gasteiger partial charge is 0.324 e. The number of nitrogens with one attached hydrogen (secondary N) is 2. The van der Waals surface area contributed by atoms with Gasteiger partial charge < -0.3 is 9.88 Å². The lowest BCUT2D eigenvalue weighted by molar-refractivity contribution is 0.102. The van der Waals surface area contributed by atoms with E-state index < -0.39 is 25.9 Å². The number of sulfone groups is 1. The summed E-state index contributed by atoms with van der Waals surface area (Å²) >= 11 is 0. The number of sulfonamides is 1. The van der Waals surface area contributed by atoms with Crippen molar-refractivity contribution in [3.8, 4) is 5.69 Å². The number of hydrogen-bond donors (Lipinski definition) is 2. The molecule has 1 aromatic heterocycles. The zero-order valence-electron chi connectivity index (χ0n) is 16.4. The van der Waals surface area contributed by atoms with Crippen molar-refractivity contribution in [1.29, 1.82) is 0 Å². The summed E-state index contributed by atoms with van der Waals surface area (Å²) in [4.78, 5) is 12.6. The molecule has 0 radical (unpaired) electrons. The Balaban J connectivity index is 1.44. The van der Waals surface area contributed by atoms with Crippen molar-refractivity contribution in [2.24, 2.45) is 0 Å². The molecule has 31 heavy (non-hydrogen) atoms.